The van der Waals surface area contributed by atoms with E-state index in [2.05, 4.69) is 0 Å². The van der Waals surface area contributed by atoms with Gasteiger partial charge in [-0.3, -0.25) is 0 Å². The van der Waals surface area contributed by atoms with E-state index in [-0.39, 0.29) is 109 Å². The third kappa shape index (κ3) is 285. The maximum absolute atomic E-state index is 8.46. The minimum atomic E-state index is -1.75. The van der Waals surface area contributed by atoms with E-state index in [1.54, 1.807) is 0 Å². The van der Waals surface area contributed by atoms with Crippen molar-refractivity contribution in [1.82, 2.24) is 0 Å². The predicted octanol–water partition coefficient (Wildman–Crippen LogP) is -7.67. The van der Waals surface area contributed by atoms with Gasteiger partial charge in [0.1, 0.15) is 0 Å². The van der Waals surface area contributed by atoms with Gasteiger partial charge in [-0.15, -0.1) is 0 Å². The fourth-order valence-electron chi connectivity index (χ4n) is 0. The van der Waals surface area contributed by atoms with Crippen LogP contribution in [-0.2, 0) is 15.2 Å². The van der Waals surface area contributed by atoms with Crippen LogP contribution in [-0.4, -0.2) is 168 Å². The van der Waals surface area contributed by atoms with Crippen LogP contribution in [0.1, 0.15) is 2.85 Å². The van der Waals surface area contributed by atoms with Crippen molar-refractivity contribution in [1.29, 1.82) is 0 Å². The standard InChI is InChI=1S/4Al.Ca.Mg.8O.Sr.2H/q;;;;2*+2;;;;;4*-1;+2;2*-1. The molecule has 0 bridgehead atoms. The first-order valence-corrected chi connectivity index (χ1v) is 5.66. The van der Waals surface area contributed by atoms with Gasteiger partial charge in [-0.2, -0.15) is 0 Å². The van der Waals surface area contributed by atoms with E-state index in [1.807, 2.05) is 0 Å². The minimum Gasteiger partial charge on any atom is 2.00 e. The van der Waals surface area contributed by atoms with E-state index < -0.39 is 61.9 Å². The van der Waals surface area contributed by atoms with Gasteiger partial charge in [0, 0.05) is 0 Å². The van der Waals surface area contributed by atoms with Crippen LogP contribution < -0.4 is 16.6 Å². The van der Waals surface area contributed by atoms with Gasteiger partial charge in [-0.1, -0.05) is 0 Å². The molecule has 0 radical (unpaired) electrons. The Morgan fingerprint density at radius 2 is 0.667 bits per heavy atom. The molecule has 0 N–H and O–H groups in total. The van der Waals surface area contributed by atoms with Crippen LogP contribution in [0.25, 0.3) is 0 Å². The molecule has 0 unspecified atom stereocenters. The van der Waals surface area contributed by atoms with Crippen LogP contribution in [0, 0.1) is 0 Å². The maximum atomic E-state index is 8.46. The molecule has 0 aromatic carbocycles. The zero-order chi connectivity index (χ0) is 10.8. The van der Waals surface area contributed by atoms with Crippen molar-refractivity contribution >= 4 is 168 Å². The van der Waals surface area contributed by atoms with Gasteiger partial charge in [-0.05, 0) is 0 Å². The number of hydrogen-bond donors (Lipinski definition) is 0. The molecule has 0 atom stereocenters. The molecule has 68 valence electrons. The molecule has 0 aromatic rings. The summed E-state index contributed by atoms with van der Waals surface area (Å²) in [5.74, 6) is 0. The van der Waals surface area contributed by atoms with Crippen molar-refractivity contribution in [2.45, 2.75) is 0 Å². The molecule has 15 heavy (non-hydrogen) atoms. The van der Waals surface area contributed by atoms with Crippen molar-refractivity contribution in [3.8, 4) is 0 Å². The molecule has 0 saturated heterocycles. The van der Waals surface area contributed by atoms with Crippen LogP contribution >= 0.6 is 0 Å². The van der Waals surface area contributed by atoms with Gasteiger partial charge in [0.05, 0.1) is 0 Å². The van der Waals surface area contributed by atoms with Crippen molar-refractivity contribution in [2.75, 3.05) is 0 Å². The summed E-state index contributed by atoms with van der Waals surface area (Å²) in [6, 6.07) is 0. The first-order valence-electron chi connectivity index (χ1n) is 1.89. The number of hydrogen-bond acceptors (Lipinski definition) is 8. The Balaban J connectivity index is -0.00000000653. The molecule has 0 aliphatic heterocycles. The number of rotatable bonds is 0. The van der Waals surface area contributed by atoms with Crippen LogP contribution in [0.5, 0.6) is 0 Å². The summed E-state index contributed by atoms with van der Waals surface area (Å²) in [5.41, 5.74) is 0. The summed E-state index contributed by atoms with van der Waals surface area (Å²) in [7, 11) is 0. The van der Waals surface area contributed by atoms with Crippen molar-refractivity contribution in [3.05, 3.63) is 0 Å². The molecular weight excluding hydrogens is 388 g/mol. The fraction of sp³-hybridized carbons (Fsp3) is 0. The molecule has 0 saturated carbocycles. The second kappa shape index (κ2) is 81.1. The largest absolute Gasteiger partial charge is 2.00 e. The van der Waals surface area contributed by atoms with Crippen LogP contribution in [0.4, 0.5) is 0 Å². The molecular formula is H2Al4CaMgO8Sr. The molecule has 8 nitrogen and oxygen atoms in total. The smallest absolute Gasteiger partial charge is 2.00 e. The molecule has 0 amide bonds. The second-order valence-electron chi connectivity index (χ2n) is 0.385. The Kier molecular flexibility index (Phi) is 231. The monoisotopic (exact) mass is 390 g/mol. The summed E-state index contributed by atoms with van der Waals surface area (Å²) >= 11 is -7.00. The quantitative estimate of drug-likeness (QED) is 0.369. The van der Waals surface area contributed by atoms with E-state index in [1.165, 1.54) is 0 Å². The van der Waals surface area contributed by atoms with E-state index in [9.17, 15) is 0 Å². The zero-order valence-electron chi connectivity index (χ0n) is 9.70. The van der Waals surface area contributed by atoms with E-state index in [4.69, 9.17) is 31.8 Å². The molecule has 0 rings (SSSR count). The zero-order valence-corrected chi connectivity index (χ0v) is 19.4. The SMILES string of the molecule is [Ca+2].[H-].[H-].[Mg+2].[O]=[Al][O-].[O]=[Al][O-].[O]=[Al][O-].[O]=[Al][O-].[Sr+2]. The fourth-order valence-corrected chi connectivity index (χ4v) is 0. The van der Waals surface area contributed by atoms with Gasteiger partial charge >= 0.3 is 200 Å². The van der Waals surface area contributed by atoms with Gasteiger partial charge in [0.15, 0.2) is 0 Å². The topological polar surface area (TPSA) is 161 Å². The van der Waals surface area contributed by atoms with E-state index >= 15 is 0 Å². The van der Waals surface area contributed by atoms with Gasteiger partial charge in [0.2, 0.25) is 0 Å². The third-order valence-corrected chi connectivity index (χ3v) is 0. The summed E-state index contributed by atoms with van der Waals surface area (Å²) in [6.45, 7) is 0. The Bertz CT molecular complexity index is 89.5. The molecule has 0 fully saturated rings. The van der Waals surface area contributed by atoms with Crippen LogP contribution in [0.2, 0.25) is 0 Å². The molecule has 0 aliphatic carbocycles. The van der Waals surface area contributed by atoms with E-state index in [0.29, 0.717) is 0 Å². The van der Waals surface area contributed by atoms with Gasteiger partial charge in [-0.25, -0.2) is 0 Å². The van der Waals surface area contributed by atoms with Crippen molar-refractivity contribution < 1.29 is 34.7 Å². The molecule has 0 aliphatic rings. The summed E-state index contributed by atoms with van der Waals surface area (Å²) < 4.78 is 67.7. The van der Waals surface area contributed by atoms with E-state index in [0.717, 1.165) is 0 Å². The predicted molar refractivity (Wildman–Crippen MR) is 45.2 cm³/mol. The average Bonchev–Trinajstić information content (AvgIpc) is 1.92. The Morgan fingerprint density at radius 3 is 0.667 bits per heavy atom. The normalized spacial score (nSPS) is 2.13. The van der Waals surface area contributed by atoms with Crippen LogP contribution in [0.3, 0.4) is 0 Å². The Hall–Kier alpha value is 4.04. The minimum absolute atomic E-state index is 0. The molecule has 0 aromatic heterocycles. The summed E-state index contributed by atoms with van der Waals surface area (Å²) in [6.07, 6.45) is 0. The third-order valence-electron chi connectivity index (χ3n) is 0. The van der Waals surface area contributed by atoms with Gasteiger partial charge < -0.3 is 2.85 Å². The second-order valence-corrected chi connectivity index (χ2v) is 1.15. The maximum Gasteiger partial charge on any atom is 2.00 e. The summed E-state index contributed by atoms with van der Waals surface area (Å²) in [5, 5.41) is 0. The Labute approximate surface area is 198 Å². The molecule has 15 heteroatoms. The van der Waals surface area contributed by atoms with Crippen molar-refractivity contribution in [3.63, 3.8) is 0 Å². The van der Waals surface area contributed by atoms with Crippen LogP contribution in [0.15, 0.2) is 0 Å². The first kappa shape index (κ1) is 42.7. The average molecular weight is 390 g/mol. The Morgan fingerprint density at radius 1 is 0.667 bits per heavy atom. The summed E-state index contributed by atoms with van der Waals surface area (Å²) in [4.78, 5) is 0. The van der Waals surface area contributed by atoms with Crippen molar-refractivity contribution in [2.24, 2.45) is 0 Å². The molecule has 0 spiro atoms. The first-order chi connectivity index (χ1) is 5.66. The van der Waals surface area contributed by atoms with Gasteiger partial charge in [0.25, 0.3) is 0 Å². The molecule has 0 heterocycles.